The second-order valence-electron chi connectivity index (χ2n) is 7.44. The Kier molecular flexibility index (Phi) is 6.32. The second kappa shape index (κ2) is 9.32. The van der Waals surface area contributed by atoms with Crippen LogP contribution in [0.3, 0.4) is 0 Å². The molecule has 2 heterocycles. The molecule has 8 nitrogen and oxygen atoms in total. The largest absolute Gasteiger partial charge is 0.497 e. The number of ether oxygens (including phenoxy) is 4. The number of benzene rings is 2. The fraction of sp³-hybridized carbons (Fsp3) is 0.333. The Morgan fingerprint density at radius 2 is 1.69 bits per heavy atom. The van der Waals surface area contributed by atoms with Crippen LogP contribution in [0.4, 0.5) is 0 Å². The molecule has 0 fully saturated rings. The zero-order valence-corrected chi connectivity index (χ0v) is 18.7. The molecule has 1 aliphatic heterocycles. The second-order valence-corrected chi connectivity index (χ2v) is 7.44. The maximum absolute atomic E-state index is 13.4. The molecule has 0 saturated carbocycles. The molecule has 32 heavy (non-hydrogen) atoms. The highest BCUT2D eigenvalue weighted by molar-refractivity contribution is 6.00. The van der Waals surface area contributed by atoms with Gasteiger partial charge in [-0.2, -0.15) is 5.10 Å². The summed E-state index contributed by atoms with van der Waals surface area (Å²) in [6, 6.07) is 12.9. The van der Waals surface area contributed by atoms with Gasteiger partial charge in [-0.3, -0.25) is 9.89 Å². The van der Waals surface area contributed by atoms with Crippen molar-refractivity contribution in [3.05, 3.63) is 59.3 Å². The third kappa shape index (κ3) is 3.78. The van der Waals surface area contributed by atoms with Crippen molar-refractivity contribution in [2.75, 3.05) is 41.6 Å². The highest BCUT2D eigenvalue weighted by Gasteiger charge is 2.43. The Morgan fingerprint density at radius 1 is 0.969 bits per heavy atom. The number of hydrogen-bond donors (Lipinski definition) is 1. The van der Waals surface area contributed by atoms with Crippen molar-refractivity contribution in [1.82, 2.24) is 15.1 Å². The van der Waals surface area contributed by atoms with Gasteiger partial charge in [-0.15, -0.1) is 0 Å². The van der Waals surface area contributed by atoms with Crippen LogP contribution in [0.25, 0.3) is 11.3 Å². The Bertz CT molecular complexity index is 1090. The molecule has 0 saturated heterocycles. The number of carbonyl (C=O) groups is 1. The third-order valence-corrected chi connectivity index (χ3v) is 5.71. The van der Waals surface area contributed by atoms with Gasteiger partial charge >= 0.3 is 0 Å². The lowest BCUT2D eigenvalue weighted by atomic mass is 9.95. The number of carbonyl (C=O) groups excluding carboxylic acids is 1. The smallest absolute Gasteiger partial charge is 0.273 e. The molecule has 3 aromatic rings. The van der Waals surface area contributed by atoms with Crippen LogP contribution < -0.4 is 14.2 Å². The number of nitrogens with zero attached hydrogens (tertiary/aromatic N) is 2. The zero-order valence-electron chi connectivity index (χ0n) is 18.7. The molecule has 1 aromatic heterocycles. The van der Waals surface area contributed by atoms with Gasteiger partial charge in [-0.05, 0) is 42.8 Å². The summed E-state index contributed by atoms with van der Waals surface area (Å²) < 4.78 is 21.5. The minimum absolute atomic E-state index is 0.0914. The average molecular weight is 437 g/mol. The van der Waals surface area contributed by atoms with E-state index in [1.165, 1.54) is 0 Å². The van der Waals surface area contributed by atoms with E-state index in [-0.39, 0.29) is 11.9 Å². The summed E-state index contributed by atoms with van der Waals surface area (Å²) in [6.07, 6.45) is 0.715. The van der Waals surface area contributed by atoms with E-state index in [1.807, 2.05) is 47.4 Å². The molecule has 1 aliphatic rings. The molecule has 1 N–H and O–H groups in total. The molecular formula is C24H27N3O5. The molecule has 1 atom stereocenters. The first-order chi connectivity index (χ1) is 15.6. The van der Waals surface area contributed by atoms with Crippen molar-refractivity contribution >= 4 is 5.91 Å². The summed E-state index contributed by atoms with van der Waals surface area (Å²) in [6.45, 7) is 1.10. The average Bonchev–Trinajstić information content (AvgIpc) is 3.38. The van der Waals surface area contributed by atoms with Gasteiger partial charge in [0.2, 0.25) is 0 Å². The van der Waals surface area contributed by atoms with E-state index >= 15 is 0 Å². The lowest BCUT2D eigenvalue weighted by molar-refractivity contribution is 0.0722. The van der Waals surface area contributed by atoms with E-state index < -0.39 is 0 Å². The monoisotopic (exact) mass is 437 g/mol. The number of rotatable bonds is 9. The SMILES string of the molecule is COCCCN1C(=O)c2[nH]nc(-c3ccc(OC)cc3)c2C1c1ccc(OC)cc1OC. The molecular weight excluding hydrogens is 410 g/mol. The number of aromatic amines is 1. The van der Waals surface area contributed by atoms with Crippen LogP contribution in [-0.4, -0.2) is 62.6 Å². The minimum Gasteiger partial charge on any atom is -0.497 e. The number of aromatic nitrogens is 2. The van der Waals surface area contributed by atoms with Gasteiger partial charge < -0.3 is 23.8 Å². The molecule has 8 heteroatoms. The van der Waals surface area contributed by atoms with Crippen LogP contribution in [0.1, 0.15) is 34.1 Å². The molecule has 0 spiro atoms. The standard InChI is InChI=1S/C24H27N3O5/c1-29-13-5-12-27-23(18-11-10-17(31-3)14-19(18)32-4)20-21(25-26-22(20)24(27)28)15-6-8-16(30-2)9-7-15/h6-11,14,23H,5,12-13H2,1-4H3,(H,25,26). The normalized spacial score (nSPS) is 15.1. The van der Waals surface area contributed by atoms with Gasteiger partial charge in [-0.1, -0.05) is 0 Å². The lowest BCUT2D eigenvalue weighted by Crippen LogP contribution is -2.31. The summed E-state index contributed by atoms with van der Waals surface area (Å²) in [5.41, 5.74) is 3.83. The number of methoxy groups -OCH3 is 4. The van der Waals surface area contributed by atoms with Crippen LogP contribution in [0.2, 0.25) is 0 Å². The predicted octanol–water partition coefficient (Wildman–Crippen LogP) is 3.68. The van der Waals surface area contributed by atoms with Crippen LogP contribution in [0.5, 0.6) is 17.2 Å². The Balaban J connectivity index is 1.84. The minimum atomic E-state index is -0.355. The van der Waals surface area contributed by atoms with Gasteiger partial charge in [0.1, 0.15) is 22.9 Å². The summed E-state index contributed by atoms with van der Waals surface area (Å²) in [7, 11) is 6.51. The predicted molar refractivity (Wildman–Crippen MR) is 119 cm³/mol. The highest BCUT2D eigenvalue weighted by atomic mass is 16.5. The van der Waals surface area contributed by atoms with Crippen molar-refractivity contribution < 1.29 is 23.7 Å². The maximum Gasteiger partial charge on any atom is 0.273 e. The van der Waals surface area contributed by atoms with Gasteiger partial charge in [0.05, 0.1) is 33.1 Å². The Hall–Kier alpha value is -3.52. The first-order valence-corrected chi connectivity index (χ1v) is 10.4. The number of fused-ring (bicyclic) bond motifs is 1. The van der Waals surface area contributed by atoms with Crippen LogP contribution in [0, 0.1) is 0 Å². The van der Waals surface area contributed by atoms with Gasteiger partial charge in [-0.25, -0.2) is 0 Å². The zero-order chi connectivity index (χ0) is 22.7. The fourth-order valence-corrected chi connectivity index (χ4v) is 4.14. The molecule has 4 rings (SSSR count). The first kappa shape index (κ1) is 21.7. The van der Waals surface area contributed by atoms with Crippen molar-refractivity contribution in [1.29, 1.82) is 0 Å². The Labute approximate surface area is 187 Å². The summed E-state index contributed by atoms with van der Waals surface area (Å²) in [4.78, 5) is 15.2. The van der Waals surface area contributed by atoms with Crippen LogP contribution in [-0.2, 0) is 4.74 Å². The molecule has 2 aromatic carbocycles. The summed E-state index contributed by atoms with van der Waals surface area (Å²) in [5, 5.41) is 7.48. The summed E-state index contributed by atoms with van der Waals surface area (Å²) in [5.74, 6) is 2.00. The van der Waals surface area contributed by atoms with E-state index in [4.69, 9.17) is 18.9 Å². The molecule has 1 unspecified atom stereocenters. The molecule has 0 aliphatic carbocycles. The van der Waals surface area contributed by atoms with E-state index in [0.717, 1.165) is 28.1 Å². The first-order valence-electron chi connectivity index (χ1n) is 10.4. The van der Waals surface area contributed by atoms with Crippen LogP contribution >= 0.6 is 0 Å². The number of amides is 1. The van der Waals surface area contributed by atoms with Gasteiger partial charge in [0, 0.05) is 43.0 Å². The van der Waals surface area contributed by atoms with Gasteiger partial charge in [0.15, 0.2) is 0 Å². The van der Waals surface area contributed by atoms with Crippen molar-refractivity contribution in [2.45, 2.75) is 12.5 Å². The molecule has 168 valence electrons. The van der Waals surface area contributed by atoms with E-state index in [0.29, 0.717) is 36.8 Å². The quantitative estimate of drug-likeness (QED) is 0.514. The number of H-pyrrole nitrogens is 1. The summed E-state index contributed by atoms with van der Waals surface area (Å²) >= 11 is 0. The number of nitrogens with one attached hydrogen (secondary N) is 1. The Morgan fingerprint density at radius 3 is 2.34 bits per heavy atom. The van der Waals surface area contributed by atoms with Crippen molar-refractivity contribution in [2.24, 2.45) is 0 Å². The highest BCUT2D eigenvalue weighted by Crippen LogP contribution is 2.46. The van der Waals surface area contributed by atoms with Crippen LogP contribution in [0.15, 0.2) is 42.5 Å². The molecule has 0 radical (unpaired) electrons. The molecule has 0 bridgehead atoms. The maximum atomic E-state index is 13.4. The fourth-order valence-electron chi connectivity index (χ4n) is 4.14. The van der Waals surface area contributed by atoms with E-state index in [1.54, 1.807) is 28.4 Å². The van der Waals surface area contributed by atoms with Gasteiger partial charge in [0.25, 0.3) is 5.91 Å². The van der Waals surface area contributed by atoms with Crippen molar-refractivity contribution in [3.8, 4) is 28.5 Å². The van der Waals surface area contributed by atoms with Crippen molar-refractivity contribution in [3.63, 3.8) is 0 Å². The third-order valence-electron chi connectivity index (χ3n) is 5.71. The van der Waals surface area contributed by atoms with E-state index in [2.05, 4.69) is 10.2 Å². The van der Waals surface area contributed by atoms with E-state index in [9.17, 15) is 4.79 Å². The molecule has 1 amide bonds. The number of hydrogen-bond acceptors (Lipinski definition) is 6. The lowest BCUT2D eigenvalue weighted by Gasteiger charge is -2.27. The topological polar surface area (TPSA) is 85.9 Å².